The van der Waals surface area contributed by atoms with E-state index in [0.29, 0.717) is 6.54 Å². The van der Waals surface area contributed by atoms with Gasteiger partial charge in [-0.1, -0.05) is 39.0 Å². The lowest BCUT2D eigenvalue weighted by Crippen LogP contribution is -2.54. The third kappa shape index (κ3) is 5.56. The van der Waals surface area contributed by atoms with E-state index < -0.39 is 0 Å². The van der Waals surface area contributed by atoms with Gasteiger partial charge in [0.2, 0.25) is 0 Å². The smallest absolute Gasteiger partial charge is 0.258 e. The summed E-state index contributed by atoms with van der Waals surface area (Å²) in [5, 5.41) is 3.00. The molecule has 0 spiro atoms. The molecule has 3 N–H and O–H groups in total. The molecule has 0 aromatic heterocycles. The highest BCUT2D eigenvalue weighted by Crippen LogP contribution is 2.18. The van der Waals surface area contributed by atoms with E-state index >= 15 is 0 Å². The van der Waals surface area contributed by atoms with E-state index in [1.165, 1.54) is 0 Å². The van der Waals surface area contributed by atoms with Gasteiger partial charge in [-0.25, -0.2) is 0 Å². The van der Waals surface area contributed by atoms with Crippen molar-refractivity contribution in [3.05, 3.63) is 29.8 Å². The Bertz CT molecular complexity index is 426. The number of rotatable bonds is 8. The van der Waals surface area contributed by atoms with E-state index in [4.69, 9.17) is 10.5 Å². The first-order valence-electron chi connectivity index (χ1n) is 7.32. The van der Waals surface area contributed by atoms with Gasteiger partial charge in [0.1, 0.15) is 5.75 Å². The Morgan fingerprint density at radius 2 is 1.86 bits per heavy atom. The van der Waals surface area contributed by atoms with Crippen molar-refractivity contribution >= 4 is 18.3 Å². The van der Waals surface area contributed by atoms with Gasteiger partial charge >= 0.3 is 0 Å². The first-order valence-corrected chi connectivity index (χ1v) is 7.32. The number of amides is 1. The Morgan fingerprint density at radius 1 is 1.24 bits per heavy atom. The molecule has 120 valence electrons. The third-order valence-corrected chi connectivity index (χ3v) is 3.86. The number of hydrogen-bond acceptors (Lipinski definition) is 3. The molecule has 5 heteroatoms. The molecule has 0 aliphatic rings. The van der Waals surface area contributed by atoms with Crippen LogP contribution in [0.3, 0.4) is 0 Å². The van der Waals surface area contributed by atoms with Gasteiger partial charge in [-0.15, -0.1) is 12.4 Å². The van der Waals surface area contributed by atoms with Crippen molar-refractivity contribution in [3.8, 4) is 5.75 Å². The van der Waals surface area contributed by atoms with E-state index in [1.807, 2.05) is 38.1 Å². The number of carbonyl (C=O) groups is 1. The van der Waals surface area contributed by atoms with Crippen molar-refractivity contribution in [2.24, 2.45) is 5.73 Å². The maximum absolute atomic E-state index is 12.0. The minimum atomic E-state index is -0.315. The summed E-state index contributed by atoms with van der Waals surface area (Å²) in [6.45, 7) is 6.60. The number of hydrogen-bond donors (Lipinski definition) is 2. The molecule has 1 amide bonds. The van der Waals surface area contributed by atoms with Gasteiger partial charge < -0.3 is 15.8 Å². The van der Waals surface area contributed by atoms with Gasteiger partial charge in [0.15, 0.2) is 6.61 Å². The summed E-state index contributed by atoms with van der Waals surface area (Å²) in [6, 6.07) is 7.78. The number of benzene rings is 1. The minimum Gasteiger partial charge on any atom is -0.483 e. The molecule has 4 nitrogen and oxygen atoms in total. The molecule has 1 aromatic carbocycles. The molecule has 0 saturated heterocycles. The summed E-state index contributed by atoms with van der Waals surface area (Å²) in [7, 11) is 0. The monoisotopic (exact) mass is 314 g/mol. The highest BCUT2D eigenvalue weighted by atomic mass is 35.5. The van der Waals surface area contributed by atoms with Gasteiger partial charge in [-0.2, -0.15) is 0 Å². The van der Waals surface area contributed by atoms with E-state index in [2.05, 4.69) is 12.2 Å². The fourth-order valence-electron chi connectivity index (χ4n) is 2.18. The summed E-state index contributed by atoms with van der Waals surface area (Å²) in [5.41, 5.74) is 6.57. The van der Waals surface area contributed by atoms with Gasteiger partial charge in [0.05, 0.1) is 5.54 Å². The van der Waals surface area contributed by atoms with Gasteiger partial charge in [-0.3, -0.25) is 4.79 Å². The summed E-state index contributed by atoms with van der Waals surface area (Å²) < 4.78 is 5.62. The molecule has 1 aromatic rings. The second-order valence-electron chi connectivity index (χ2n) is 4.99. The third-order valence-electron chi connectivity index (χ3n) is 3.86. The number of para-hydroxylation sites is 1. The van der Waals surface area contributed by atoms with E-state index in [-0.39, 0.29) is 30.5 Å². The van der Waals surface area contributed by atoms with Gasteiger partial charge in [0, 0.05) is 6.54 Å². The number of carbonyl (C=O) groups excluding carboxylic acids is 1. The maximum atomic E-state index is 12.0. The van der Waals surface area contributed by atoms with Crippen LogP contribution in [0.5, 0.6) is 5.75 Å². The van der Waals surface area contributed by atoms with Crippen LogP contribution in [-0.4, -0.2) is 24.6 Å². The number of ether oxygens (including phenoxy) is 1. The Morgan fingerprint density at radius 3 is 2.38 bits per heavy atom. The number of halogens is 1. The zero-order valence-corrected chi connectivity index (χ0v) is 14.0. The lowest BCUT2D eigenvalue weighted by molar-refractivity contribution is -0.125. The standard InChI is InChI=1S/C16H26N2O2.ClH/c1-4-13-9-7-8-10-14(13)20-11-15(19)18-16(5-2,6-3)12-17;/h7-10H,4-6,11-12,17H2,1-3H3,(H,18,19);1H. The van der Waals surface area contributed by atoms with Crippen molar-refractivity contribution in [3.63, 3.8) is 0 Å². The number of aryl methyl sites for hydroxylation is 1. The largest absolute Gasteiger partial charge is 0.483 e. The molecule has 0 aliphatic heterocycles. The van der Waals surface area contributed by atoms with Crippen LogP contribution in [0.4, 0.5) is 0 Å². The summed E-state index contributed by atoms with van der Waals surface area (Å²) >= 11 is 0. The fraction of sp³-hybridized carbons (Fsp3) is 0.562. The van der Waals surface area contributed by atoms with Gasteiger partial charge in [-0.05, 0) is 30.9 Å². The number of nitrogens with one attached hydrogen (secondary N) is 1. The Labute approximate surface area is 133 Å². The maximum Gasteiger partial charge on any atom is 0.258 e. The normalized spacial score (nSPS) is 10.7. The predicted octanol–water partition coefficient (Wildman–Crippen LogP) is 2.68. The second kappa shape index (κ2) is 9.64. The fourth-order valence-corrected chi connectivity index (χ4v) is 2.18. The highest BCUT2D eigenvalue weighted by Gasteiger charge is 2.26. The topological polar surface area (TPSA) is 64.3 Å². The van der Waals surface area contributed by atoms with E-state index in [0.717, 1.165) is 30.6 Å². The Kier molecular flexibility index (Phi) is 9.06. The zero-order chi connectivity index (χ0) is 15.0. The first kappa shape index (κ1) is 19.7. The van der Waals surface area contributed by atoms with E-state index in [1.54, 1.807) is 0 Å². The van der Waals surface area contributed by atoms with Crippen molar-refractivity contribution in [2.75, 3.05) is 13.2 Å². The van der Waals surface area contributed by atoms with Crippen LogP contribution < -0.4 is 15.8 Å². The molecule has 1 rings (SSSR count). The van der Waals surface area contributed by atoms with Crippen LogP contribution in [0.15, 0.2) is 24.3 Å². The molecular weight excluding hydrogens is 288 g/mol. The van der Waals surface area contributed by atoms with E-state index in [9.17, 15) is 4.79 Å². The summed E-state index contributed by atoms with van der Waals surface area (Å²) in [6.07, 6.45) is 2.52. The summed E-state index contributed by atoms with van der Waals surface area (Å²) in [5.74, 6) is 0.654. The average Bonchev–Trinajstić information content (AvgIpc) is 2.51. The van der Waals surface area contributed by atoms with Crippen LogP contribution in [-0.2, 0) is 11.2 Å². The molecule has 0 fully saturated rings. The molecule has 21 heavy (non-hydrogen) atoms. The molecule has 0 atom stereocenters. The van der Waals surface area contributed by atoms with Crippen molar-refractivity contribution in [1.29, 1.82) is 0 Å². The Hall–Kier alpha value is -1.26. The lowest BCUT2D eigenvalue weighted by Gasteiger charge is -2.31. The number of nitrogens with two attached hydrogens (primary N) is 1. The van der Waals surface area contributed by atoms with Gasteiger partial charge in [0.25, 0.3) is 5.91 Å². The van der Waals surface area contributed by atoms with Crippen LogP contribution >= 0.6 is 12.4 Å². The molecule has 0 unspecified atom stereocenters. The molecule has 0 aliphatic carbocycles. The lowest BCUT2D eigenvalue weighted by atomic mass is 9.93. The molecule has 0 radical (unpaired) electrons. The average molecular weight is 315 g/mol. The van der Waals surface area contributed by atoms with Crippen LogP contribution in [0.25, 0.3) is 0 Å². The summed E-state index contributed by atoms with van der Waals surface area (Å²) in [4.78, 5) is 12.0. The van der Waals surface area contributed by atoms with Crippen LogP contribution in [0.2, 0.25) is 0 Å². The predicted molar refractivity (Wildman–Crippen MR) is 89.1 cm³/mol. The molecule has 0 saturated carbocycles. The van der Waals surface area contributed by atoms with Crippen LogP contribution in [0.1, 0.15) is 39.2 Å². The first-order chi connectivity index (χ1) is 9.60. The zero-order valence-electron chi connectivity index (χ0n) is 13.1. The Balaban J connectivity index is 0.00000400. The highest BCUT2D eigenvalue weighted by molar-refractivity contribution is 5.85. The molecular formula is C16H27ClN2O2. The van der Waals surface area contributed by atoms with Crippen molar-refractivity contribution in [1.82, 2.24) is 5.32 Å². The molecule has 0 heterocycles. The van der Waals surface area contributed by atoms with Crippen molar-refractivity contribution < 1.29 is 9.53 Å². The minimum absolute atomic E-state index is 0. The van der Waals surface area contributed by atoms with Crippen LogP contribution in [0, 0.1) is 0 Å². The molecule has 0 bridgehead atoms. The SMILES string of the molecule is CCc1ccccc1OCC(=O)NC(CC)(CC)CN.Cl. The van der Waals surface area contributed by atoms with Crippen molar-refractivity contribution in [2.45, 2.75) is 45.6 Å². The second-order valence-corrected chi connectivity index (χ2v) is 4.99. The quantitative estimate of drug-likeness (QED) is 0.775.